The molecule has 0 unspecified atom stereocenters. The number of nitrogens with one attached hydrogen (secondary N) is 1. The van der Waals surface area contributed by atoms with Crippen molar-refractivity contribution >= 4 is 45.5 Å². The summed E-state index contributed by atoms with van der Waals surface area (Å²) in [6.45, 7) is 1.81. The lowest BCUT2D eigenvalue weighted by molar-refractivity contribution is -0.113. The van der Waals surface area contributed by atoms with Gasteiger partial charge in [-0.3, -0.25) is 4.79 Å². The lowest BCUT2D eigenvalue weighted by atomic mass is 10.2. The molecule has 0 bridgehead atoms. The van der Waals surface area contributed by atoms with Crippen LogP contribution in [0.2, 0.25) is 0 Å². The number of ether oxygens (including phenoxy) is 1. The van der Waals surface area contributed by atoms with Crippen LogP contribution < -0.4 is 10.1 Å². The van der Waals surface area contributed by atoms with Crippen LogP contribution in [0.5, 0.6) is 5.75 Å². The van der Waals surface area contributed by atoms with Gasteiger partial charge in [-0.2, -0.15) is 9.78 Å². The van der Waals surface area contributed by atoms with Crippen LogP contribution in [0.25, 0.3) is 0 Å². The van der Waals surface area contributed by atoms with E-state index >= 15 is 0 Å². The Bertz CT molecular complexity index is 971. The molecule has 0 spiro atoms. The predicted molar refractivity (Wildman–Crippen MR) is 114 cm³/mol. The molecule has 0 aliphatic carbocycles. The van der Waals surface area contributed by atoms with Crippen LogP contribution >= 0.6 is 27.7 Å². The van der Waals surface area contributed by atoms with Gasteiger partial charge in [0.05, 0.1) is 19.1 Å². The summed E-state index contributed by atoms with van der Waals surface area (Å²) in [5, 5.41) is 16.0. The Balaban J connectivity index is 1.62. The number of amides is 1. The topological polar surface area (TPSA) is 81.4 Å². The third-order valence-corrected chi connectivity index (χ3v) is 5.11. The number of hydrogen-bond acceptors (Lipinski definition) is 6. The number of aryl methyl sites for hydroxylation is 1. The van der Waals surface area contributed by atoms with Gasteiger partial charge >= 0.3 is 0 Å². The Hall–Kier alpha value is -2.65. The number of nitrogens with zero attached hydrogens (tertiary/aromatic N) is 4. The third-order valence-electron chi connectivity index (χ3n) is 3.67. The molecular weight excluding hydrogens is 442 g/mol. The highest BCUT2D eigenvalue weighted by atomic mass is 79.9. The highest BCUT2D eigenvalue weighted by Gasteiger charge is 2.11. The van der Waals surface area contributed by atoms with Crippen molar-refractivity contribution in [2.75, 3.05) is 18.2 Å². The van der Waals surface area contributed by atoms with Crippen molar-refractivity contribution in [3.05, 3.63) is 64.4 Å². The van der Waals surface area contributed by atoms with E-state index in [0.717, 1.165) is 21.5 Å². The smallest absolute Gasteiger partial charge is 0.234 e. The van der Waals surface area contributed by atoms with Crippen molar-refractivity contribution in [1.82, 2.24) is 14.9 Å². The van der Waals surface area contributed by atoms with Crippen molar-refractivity contribution in [2.24, 2.45) is 5.10 Å². The van der Waals surface area contributed by atoms with Crippen molar-refractivity contribution in [3.63, 3.8) is 0 Å². The maximum Gasteiger partial charge on any atom is 0.234 e. The Labute approximate surface area is 175 Å². The van der Waals surface area contributed by atoms with Crippen LogP contribution in [0, 0.1) is 6.92 Å². The zero-order chi connectivity index (χ0) is 19.9. The lowest BCUT2D eigenvalue weighted by Crippen LogP contribution is -2.14. The molecule has 1 aromatic heterocycles. The van der Waals surface area contributed by atoms with Crippen LogP contribution in [0.3, 0.4) is 0 Å². The molecule has 9 heteroatoms. The van der Waals surface area contributed by atoms with E-state index in [4.69, 9.17) is 4.74 Å². The van der Waals surface area contributed by atoms with Crippen molar-refractivity contribution in [1.29, 1.82) is 0 Å². The minimum atomic E-state index is -0.126. The highest BCUT2D eigenvalue weighted by molar-refractivity contribution is 9.10. The largest absolute Gasteiger partial charge is 0.497 e. The number of thioether (sulfide) groups is 1. The van der Waals surface area contributed by atoms with Gasteiger partial charge in [0.25, 0.3) is 0 Å². The molecule has 0 atom stereocenters. The van der Waals surface area contributed by atoms with E-state index < -0.39 is 0 Å². The number of carbonyl (C=O) groups is 1. The summed E-state index contributed by atoms with van der Waals surface area (Å²) >= 11 is 4.64. The van der Waals surface area contributed by atoms with Crippen molar-refractivity contribution in [3.8, 4) is 5.75 Å². The SMILES string of the molecule is COc1ccc(C=Nn2c(C)nnc2SCC(=O)Nc2ccc(Br)cc2)cc1. The molecule has 0 saturated carbocycles. The van der Waals surface area contributed by atoms with Crippen LogP contribution in [-0.2, 0) is 4.79 Å². The zero-order valence-corrected chi connectivity index (χ0v) is 17.7. The predicted octanol–water partition coefficient (Wildman–Crippen LogP) is 3.97. The van der Waals surface area contributed by atoms with Crippen molar-refractivity contribution in [2.45, 2.75) is 12.1 Å². The summed E-state index contributed by atoms with van der Waals surface area (Å²) in [5.74, 6) is 1.50. The highest BCUT2D eigenvalue weighted by Crippen LogP contribution is 2.19. The summed E-state index contributed by atoms with van der Waals surface area (Å²) in [5.41, 5.74) is 1.65. The molecule has 0 aliphatic heterocycles. The fourth-order valence-corrected chi connectivity index (χ4v) is 3.23. The molecule has 0 fully saturated rings. The number of rotatable bonds is 7. The number of anilines is 1. The lowest BCUT2D eigenvalue weighted by Gasteiger charge is -2.05. The molecule has 144 valence electrons. The molecule has 0 saturated heterocycles. The van der Waals surface area contributed by atoms with Gasteiger partial charge in [0, 0.05) is 10.2 Å². The number of benzene rings is 2. The van der Waals surface area contributed by atoms with Gasteiger partial charge in [-0.25, -0.2) is 0 Å². The second kappa shape index (κ2) is 9.52. The summed E-state index contributed by atoms with van der Waals surface area (Å²) in [6, 6.07) is 14.9. The molecule has 0 aliphatic rings. The van der Waals surface area contributed by atoms with Gasteiger partial charge in [0.1, 0.15) is 5.75 Å². The summed E-state index contributed by atoms with van der Waals surface area (Å²) in [6.07, 6.45) is 1.71. The molecule has 2 aromatic carbocycles. The molecular formula is C19H18BrN5O2S. The van der Waals surface area contributed by atoms with E-state index in [-0.39, 0.29) is 11.7 Å². The van der Waals surface area contributed by atoms with Crippen LogP contribution in [0.4, 0.5) is 5.69 Å². The number of hydrogen-bond donors (Lipinski definition) is 1. The third kappa shape index (κ3) is 5.43. The molecule has 3 rings (SSSR count). The first kappa shape index (κ1) is 20.1. The van der Waals surface area contributed by atoms with E-state index in [2.05, 4.69) is 36.5 Å². The van der Waals surface area contributed by atoms with Gasteiger partial charge in [-0.05, 0) is 61.0 Å². The fraction of sp³-hybridized carbons (Fsp3) is 0.158. The minimum absolute atomic E-state index is 0.126. The number of carbonyl (C=O) groups excluding carboxylic acids is 1. The molecule has 1 amide bonds. The van der Waals surface area contributed by atoms with E-state index in [1.54, 1.807) is 18.0 Å². The first-order valence-electron chi connectivity index (χ1n) is 8.34. The van der Waals surface area contributed by atoms with E-state index in [1.165, 1.54) is 11.8 Å². The summed E-state index contributed by atoms with van der Waals surface area (Å²) in [4.78, 5) is 12.2. The average molecular weight is 460 g/mol. The van der Waals surface area contributed by atoms with Crippen LogP contribution in [0.15, 0.2) is 63.3 Å². The Kier molecular flexibility index (Phi) is 6.83. The van der Waals surface area contributed by atoms with E-state index in [1.807, 2.05) is 55.5 Å². The minimum Gasteiger partial charge on any atom is -0.497 e. The van der Waals surface area contributed by atoms with Crippen molar-refractivity contribution < 1.29 is 9.53 Å². The van der Waals surface area contributed by atoms with E-state index in [0.29, 0.717) is 11.0 Å². The van der Waals surface area contributed by atoms with Gasteiger partial charge in [-0.1, -0.05) is 27.7 Å². The summed E-state index contributed by atoms with van der Waals surface area (Å²) < 4.78 is 7.72. The first-order chi connectivity index (χ1) is 13.5. The molecule has 1 heterocycles. The molecule has 1 N–H and O–H groups in total. The van der Waals surface area contributed by atoms with Gasteiger partial charge in [0.15, 0.2) is 5.82 Å². The zero-order valence-electron chi connectivity index (χ0n) is 15.3. The van der Waals surface area contributed by atoms with Gasteiger partial charge < -0.3 is 10.1 Å². The number of methoxy groups -OCH3 is 1. The first-order valence-corrected chi connectivity index (χ1v) is 10.1. The Morgan fingerprint density at radius 2 is 1.93 bits per heavy atom. The van der Waals surface area contributed by atoms with Crippen LogP contribution in [-0.4, -0.2) is 39.9 Å². The quantitative estimate of drug-likeness (QED) is 0.426. The molecule has 28 heavy (non-hydrogen) atoms. The maximum atomic E-state index is 12.2. The normalized spacial score (nSPS) is 11.0. The maximum absolute atomic E-state index is 12.2. The Morgan fingerprint density at radius 1 is 1.21 bits per heavy atom. The fourth-order valence-electron chi connectivity index (χ4n) is 2.24. The average Bonchev–Trinajstić information content (AvgIpc) is 3.06. The monoisotopic (exact) mass is 459 g/mol. The van der Waals surface area contributed by atoms with Crippen LogP contribution in [0.1, 0.15) is 11.4 Å². The second-order valence-electron chi connectivity index (χ2n) is 5.70. The standard InChI is InChI=1S/C19H18BrN5O2S/c1-13-23-24-19(25(13)21-11-14-3-9-17(27-2)10-4-14)28-12-18(26)22-16-7-5-15(20)6-8-16/h3-11H,12H2,1-2H3,(H,22,26). The molecule has 7 nitrogen and oxygen atoms in total. The number of halogens is 1. The molecule has 0 radical (unpaired) electrons. The van der Waals surface area contributed by atoms with Gasteiger partial charge in [-0.15, -0.1) is 10.2 Å². The second-order valence-corrected chi connectivity index (χ2v) is 7.56. The molecule has 3 aromatic rings. The number of aromatic nitrogens is 3. The summed E-state index contributed by atoms with van der Waals surface area (Å²) in [7, 11) is 1.63. The van der Waals surface area contributed by atoms with Gasteiger partial charge in [0.2, 0.25) is 11.1 Å². The Morgan fingerprint density at radius 3 is 2.61 bits per heavy atom. The van der Waals surface area contributed by atoms with E-state index in [9.17, 15) is 4.79 Å².